The van der Waals surface area contributed by atoms with E-state index in [9.17, 15) is 22.8 Å². The van der Waals surface area contributed by atoms with Gasteiger partial charge in [0, 0.05) is 17.2 Å². The maximum atomic E-state index is 12.9. The van der Waals surface area contributed by atoms with Crippen LogP contribution in [0.25, 0.3) is 0 Å². The minimum Gasteiger partial charge on any atom is -0.452 e. The standard InChI is InChI=1S/C20H14N2O7S/c1-11-8-17(22-29-11)21-18(23)10-28-20(25)12-6-7-14-16(9-12)30(26,27)15-5-3-2-4-13(15)19(14)24/h2-9H,10H2,1H3,(H,21,22,23). The first kappa shape index (κ1) is 19.5. The smallest absolute Gasteiger partial charge is 0.338 e. The molecular formula is C20H14N2O7S. The number of fused-ring (bicyclic) bond motifs is 2. The monoisotopic (exact) mass is 426 g/mol. The Labute approximate surface area is 170 Å². The number of ether oxygens (including phenoxy) is 1. The van der Waals surface area contributed by atoms with Crippen LogP contribution >= 0.6 is 0 Å². The predicted octanol–water partition coefficient (Wildman–Crippen LogP) is 2.16. The predicted molar refractivity (Wildman–Crippen MR) is 102 cm³/mol. The van der Waals surface area contributed by atoms with E-state index in [1.165, 1.54) is 36.4 Å². The summed E-state index contributed by atoms with van der Waals surface area (Å²) >= 11 is 0. The lowest BCUT2D eigenvalue weighted by Gasteiger charge is -2.19. The first-order valence-electron chi connectivity index (χ1n) is 8.70. The highest BCUT2D eigenvalue weighted by molar-refractivity contribution is 7.91. The lowest BCUT2D eigenvalue weighted by molar-refractivity contribution is -0.119. The van der Waals surface area contributed by atoms with Crippen molar-refractivity contribution >= 4 is 33.3 Å². The number of benzene rings is 2. The van der Waals surface area contributed by atoms with Crippen molar-refractivity contribution < 1.29 is 32.1 Å². The van der Waals surface area contributed by atoms with E-state index in [4.69, 9.17) is 9.26 Å². The summed E-state index contributed by atoms with van der Waals surface area (Å²) in [6.45, 7) is 1.03. The Hall–Kier alpha value is -3.79. The van der Waals surface area contributed by atoms with Crippen LogP contribution in [0.15, 0.2) is 62.8 Å². The fourth-order valence-electron chi connectivity index (χ4n) is 3.03. The van der Waals surface area contributed by atoms with E-state index in [1.54, 1.807) is 13.0 Å². The van der Waals surface area contributed by atoms with Crippen molar-refractivity contribution in [2.75, 3.05) is 11.9 Å². The highest BCUT2D eigenvalue weighted by Crippen LogP contribution is 2.34. The summed E-state index contributed by atoms with van der Waals surface area (Å²) in [5, 5.41) is 5.97. The van der Waals surface area contributed by atoms with Crippen molar-refractivity contribution in [3.8, 4) is 0 Å². The van der Waals surface area contributed by atoms with Crippen molar-refractivity contribution in [3.05, 3.63) is 71.0 Å². The second-order valence-corrected chi connectivity index (χ2v) is 8.37. The number of amides is 1. The number of carbonyl (C=O) groups is 3. The topological polar surface area (TPSA) is 133 Å². The number of anilines is 1. The Morgan fingerprint density at radius 1 is 1.07 bits per heavy atom. The average molecular weight is 426 g/mol. The van der Waals surface area contributed by atoms with E-state index in [1.807, 2.05) is 0 Å². The molecule has 0 bridgehead atoms. The maximum absolute atomic E-state index is 12.9. The van der Waals surface area contributed by atoms with E-state index < -0.39 is 34.1 Å². The second-order valence-electron chi connectivity index (χ2n) is 6.49. The first-order valence-corrected chi connectivity index (χ1v) is 10.2. The largest absolute Gasteiger partial charge is 0.452 e. The Bertz CT molecular complexity index is 1310. The van der Waals surface area contributed by atoms with Crippen LogP contribution in [0.3, 0.4) is 0 Å². The average Bonchev–Trinajstić information content (AvgIpc) is 3.14. The van der Waals surface area contributed by atoms with Crippen LogP contribution in [0.2, 0.25) is 0 Å². The lowest BCUT2D eigenvalue weighted by atomic mass is 10.0. The van der Waals surface area contributed by atoms with Crippen LogP contribution < -0.4 is 5.32 Å². The third kappa shape index (κ3) is 3.37. The highest BCUT2D eigenvalue weighted by atomic mass is 32.2. The van der Waals surface area contributed by atoms with Crippen LogP contribution in [0, 0.1) is 6.92 Å². The first-order chi connectivity index (χ1) is 14.3. The molecule has 3 aromatic rings. The van der Waals surface area contributed by atoms with Gasteiger partial charge in [-0.1, -0.05) is 17.3 Å². The third-order valence-corrected chi connectivity index (χ3v) is 6.25. The zero-order valence-corrected chi connectivity index (χ0v) is 16.4. The van der Waals surface area contributed by atoms with Crippen LogP contribution in [-0.4, -0.2) is 37.8 Å². The number of hydrogen-bond donors (Lipinski definition) is 1. The number of hydrogen-bond acceptors (Lipinski definition) is 8. The summed E-state index contributed by atoms with van der Waals surface area (Å²) < 4.78 is 35.6. The van der Waals surface area contributed by atoms with E-state index in [-0.39, 0.29) is 32.3 Å². The number of nitrogens with zero attached hydrogens (tertiary/aromatic N) is 1. The molecule has 2 heterocycles. The zero-order valence-electron chi connectivity index (χ0n) is 15.5. The molecule has 10 heteroatoms. The van der Waals surface area contributed by atoms with Gasteiger partial charge in [-0.15, -0.1) is 0 Å². The minimum atomic E-state index is -3.99. The van der Waals surface area contributed by atoms with Crippen molar-refractivity contribution in [1.29, 1.82) is 0 Å². The molecule has 1 aliphatic heterocycles. The molecule has 2 aromatic carbocycles. The molecule has 0 saturated carbocycles. The normalized spacial score (nSPS) is 13.8. The molecule has 4 rings (SSSR count). The molecule has 0 aliphatic carbocycles. The van der Waals surface area contributed by atoms with Crippen LogP contribution in [0.4, 0.5) is 5.82 Å². The van der Waals surface area contributed by atoms with Crippen molar-refractivity contribution in [3.63, 3.8) is 0 Å². The van der Waals surface area contributed by atoms with Gasteiger partial charge in [0.05, 0.1) is 15.4 Å². The number of esters is 1. The summed E-state index contributed by atoms with van der Waals surface area (Å²) in [7, 11) is -3.99. The van der Waals surface area contributed by atoms with Crippen molar-refractivity contribution in [1.82, 2.24) is 5.16 Å². The molecule has 9 nitrogen and oxygen atoms in total. The molecular weight excluding hydrogens is 412 g/mol. The molecule has 1 aromatic heterocycles. The van der Waals surface area contributed by atoms with Gasteiger partial charge in [-0.05, 0) is 37.3 Å². The quantitative estimate of drug-likeness (QED) is 0.491. The van der Waals surface area contributed by atoms with Gasteiger partial charge in [0.2, 0.25) is 9.84 Å². The molecule has 0 unspecified atom stereocenters. The number of sulfone groups is 1. The number of rotatable bonds is 4. The van der Waals surface area contributed by atoms with Gasteiger partial charge in [0.25, 0.3) is 5.91 Å². The van der Waals surface area contributed by atoms with Crippen molar-refractivity contribution in [2.45, 2.75) is 16.7 Å². The van der Waals surface area contributed by atoms with Gasteiger partial charge < -0.3 is 14.6 Å². The van der Waals surface area contributed by atoms with Gasteiger partial charge in [-0.25, -0.2) is 13.2 Å². The Morgan fingerprint density at radius 2 is 1.80 bits per heavy atom. The summed E-state index contributed by atoms with van der Waals surface area (Å²) in [4.78, 5) is 36.4. The van der Waals surface area contributed by atoms with Crippen LogP contribution in [0.1, 0.15) is 32.0 Å². The molecule has 0 saturated heterocycles. The fraction of sp³-hybridized carbons (Fsp3) is 0.100. The highest BCUT2D eigenvalue weighted by Gasteiger charge is 2.35. The van der Waals surface area contributed by atoms with Gasteiger partial charge in [-0.3, -0.25) is 9.59 Å². The molecule has 1 amide bonds. The maximum Gasteiger partial charge on any atom is 0.338 e. The molecule has 0 fully saturated rings. The fourth-order valence-corrected chi connectivity index (χ4v) is 4.71. The number of aryl methyl sites for hydroxylation is 1. The SMILES string of the molecule is Cc1cc(NC(=O)COC(=O)c2ccc3c(c2)S(=O)(=O)c2ccccc2C3=O)no1. The van der Waals surface area contributed by atoms with Gasteiger partial charge >= 0.3 is 5.97 Å². The molecule has 30 heavy (non-hydrogen) atoms. The Balaban J connectivity index is 1.54. The van der Waals surface area contributed by atoms with Gasteiger partial charge in [0.1, 0.15) is 5.76 Å². The summed E-state index contributed by atoms with van der Waals surface area (Å²) in [6.07, 6.45) is 0. The van der Waals surface area contributed by atoms with Crippen molar-refractivity contribution in [2.24, 2.45) is 0 Å². The molecule has 152 valence electrons. The lowest BCUT2D eigenvalue weighted by Crippen LogP contribution is -2.23. The van der Waals surface area contributed by atoms with E-state index >= 15 is 0 Å². The summed E-state index contributed by atoms with van der Waals surface area (Å²) in [6, 6.07) is 11.0. The third-order valence-electron chi connectivity index (χ3n) is 4.40. The summed E-state index contributed by atoms with van der Waals surface area (Å²) in [5.41, 5.74) is -0.0425. The number of carbonyl (C=O) groups excluding carboxylic acids is 3. The number of nitrogens with one attached hydrogen (secondary N) is 1. The van der Waals surface area contributed by atoms with Crippen LogP contribution in [0.5, 0.6) is 0 Å². The minimum absolute atomic E-state index is 0.0237. The molecule has 1 N–H and O–H groups in total. The Kier molecular flexibility index (Phi) is 4.70. The number of ketones is 1. The van der Waals surface area contributed by atoms with E-state index in [0.29, 0.717) is 5.76 Å². The molecule has 0 atom stereocenters. The molecule has 1 aliphatic rings. The second kappa shape index (κ2) is 7.23. The van der Waals surface area contributed by atoms with E-state index in [2.05, 4.69) is 10.5 Å². The molecule has 0 spiro atoms. The number of aromatic nitrogens is 1. The van der Waals surface area contributed by atoms with E-state index in [0.717, 1.165) is 6.07 Å². The van der Waals surface area contributed by atoms with Gasteiger partial charge in [-0.2, -0.15) is 0 Å². The van der Waals surface area contributed by atoms with Gasteiger partial charge in [0.15, 0.2) is 18.2 Å². The van der Waals surface area contributed by atoms with Crippen LogP contribution in [-0.2, 0) is 19.4 Å². The molecule has 0 radical (unpaired) electrons. The zero-order chi connectivity index (χ0) is 21.5. The Morgan fingerprint density at radius 3 is 2.53 bits per heavy atom. The summed E-state index contributed by atoms with van der Waals surface area (Å²) in [5.74, 6) is -1.34.